The Morgan fingerprint density at radius 3 is 2.36 bits per heavy atom. The SMILES string of the molecule is COB(OBr)c1ccccc1. The summed E-state index contributed by atoms with van der Waals surface area (Å²) in [6, 6.07) is 9.70. The van der Waals surface area contributed by atoms with Crippen molar-refractivity contribution in [3.8, 4) is 0 Å². The highest BCUT2D eigenvalue weighted by Gasteiger charge is 2.17. The maximum Gasteiger partial charge on any atom is 0.504 e. The van der Waals surface area contributed by atoms with Crippen molar-refractivity contribution < 1.29 is 8.40 Å². The minimum atomic E-state index is -0.323. The second-order valence-electron chi connectivity index (χ2n) is 2.07. The van der Waals surface area contributed by atoms with Crippen molar-refractivity contribution in [1.29, 1.82) is 0 Å². The molecule has 0 N–H and O–H groups in total. The van der Waals surface area contributed by atoms with Crippen LogP contribution in [0.4, 0.5) is 0 Å². The van der Waals surface area contributed by atoms with Crippen molar-refractivity contribution in [3.05, 3.63) is 30.3 Å². The first-order valence-electron chi connectivity index (χ1n) is 3.23. The van der Waals surface area contributed by atoms with Crippen molar-refractivity contribution in [3.63, 3.8) is 0 Å². The predicted molar refractivity (Wildman–Crippen MR) is 48.9 cm³/mol. The van der Waals surface area contributed by atoms with Crippen LogP contribution in [-0.2, 0) is 8.40 Å². The van der Waals surface area contributed by atoms with Gasteiger partial charge in [-0.2, -0.15) is 0 Å². The predicted octanol–water partition coefficient (Wildman–Crippen LogP) is 1.35. The van der Waals surface area contributed by atoms with Crippen LogP contribution in [0.2, 0.25) is 0 Å². The smallest absolute Gasteiger partial charge is 0.410 e. The molecule has 4 heteroatoms. The van der Waals surface area contributed by atoms with Crippen LogP contribution in [0.15, 0.2) is 30.3 Å². The summed E-state index contributed by atoms with van der Waals surface area (Å²) >= 11 is 2.89. The van der Waals surface area contributed by atoms with Gasteiger partial charge in [0.05, 0.1) is 16.3 Å². The molecule has 11 heavy (non-hydrogen) atoms. The van der Waals surface area contributed by atoms with E-state index in [2.05, 4.69) is 16.3 Å². The number of hydrogen-bond acceptors (Lipinski definition) is 2. The van der Waals surface area contributed by atoms with Gasteiger partial charge in [0.25, 0.3) is 0 Å². The Morgan fingerprint density at radius 2 is 1.91 bits per heavy atom. The number of hydrogen-bond donors (Lipinski definition) is 0. The monoisotopic (exact) mass is 214 g/mol. The van der Waals surface area contributed by atoms with Gasteiger partial charge in [-0.15, -0.1) is 0 Å². The summed E-state index contributed by atoms with van der Waals surface area (Å²) in [7, 11) is 1.27. The van der Waals surface area contributed by atoms with Gasteiger partial charge in [0.2, 0.25) is 0 Å². The Kier molecular flexibility index (Phi) is 3.62. The lowest BCUT2D eigenvalue weighted by atomic mass is 9.80. The van der Waals surface area contributed by atoms with Gasteiger partial charge >= 0.3 is 7.12 Å². The highest BCUT2D eigenvalue weighted by Crippen LogP contribution is 1.95. The lowest BCUT2D eigenvalue weighted by Gasteiger charge is -2.05. The Labute approximate surface area is 75.1 Å². The second-order valence-corrected chi connectivity index (χ2v) is 2.44. The fourth-order valence-electron chi connectivity index (χ4n) is 0.834. The van der Waals surface area contributed by atoms with E-state index in [1.165, 1.54) is 0 Å². The molecule has 0 aliphatic carbocycles. The molecule has 0 saturated heterocycles. The molecule has 0 aliphatic rings. The van der Waals surface area contributed by atoms with Crippen LogP contribution in [0, 0.1) is 0 Å². The van der Waals surface area contributed by atoms with E-state index >= 15 is 0 Å². The first kappa shape index (κ1) is 8.78. The molecule has 0 aliphatic heterocycles. The van der Waals surface area contributed by atoms with Crippen LogP contribution in [0.25, 0.3) is 0 Å². The summed E-state index contributed by atoms with van der Waals surface area (Å²) in [5, 5.41) is 0. The lowest BCUT2D eigenvalue weighted by Crippen LogP contribution is -2.32. The molecule has 58 valence electrons. The molecule has 2 nitrogen and oxygen atoms in total. The first-order valence-corrected chi connectivity index (χ1v) is 3.88. The van der Waals surface area contributed by atoms with Crippen molar-refractivity contribution in [2.45, 2.75) is 0 Å². The molecule has 0 aromatic heterocycles. The molecule has 1 aromatic rings. The third-order valence-electron chi connectivity index (χ3n) is 1.37. The van der Waals surface area contributed by atoms with Crippen molar-refractivity contribution in [2.75, 3.05) is 7.11 Å². The number of rotatable bonds is 3. The standard InChI is InChI=1S/C7H8BBrO2/c1-10-8(11-9)7-5-3-2-4-6-7/h2-6H,1H3. The fraction of sp³-hybridized carbons (Fsp3) is 0.143. The quantitative estimate of drug-likeness (QED) is 0.708. The highest BCUT2D eigenvalue weighted by atomic mass is 79.9. The zero-order valence-electron chi connectivity index (χ0n) is 6.16. The van der Waals surface area contributed by atoms with Crippen LogP contribution < -0.4 is 5.46 Å². The van der Waals surface area contributed by atoms with Gasteiger partial charge in [0.1, 0.15) is 0 Å². The van der Waals surface area contributed by atoms with Crippen LogP contribution in [0.5, 0.6) is 0 Å². The van der Waals surface area contributed by atoms with Gasteiger partial charge in [-0.3, -0.25) is 0 Å². The molecule has 0 heterocycles. The molecule has 0 unspecified atom stereocenters. The maximum absolute atomic E-state index is 5.02. The lowest BCUT2D eigenvalue weighted by molar-refractivity contribution is 0.371. The normalized spacial score (nSPS) is 9.64. The second kappa shape index (κ2) is 4.54. The Balaban J connectivity index is 2.74. The van der Waals surface area contributed by atoms with Crippen molar-refractivity contribution in [1.82, 2.24) is 0 Å². The molecule has 0 saturated carbocycles. The summed E-state index contributed by atoms with van der Waals surface area (Å²) in [4.78, 5) is 0. The van der Waals surface area contributed by atoms with Gasteiger partial charge in [0.15, 0.2) is 0 Å². The molecule has 0 atom stereocenters. The average Bonchev–Trinajstić information content (AvgIpc) is 2.09. The van der Waals surface area contributed by atoms with Gasteiger partial charge < -0.3 is 8.40 Å². The van der Waals surface area contributed by atoms with Crippen LogP contribution >= 0.6 is 16.3 Å². The van der Waals surface area contributed by atoms with E-state index in [1.54, 1.807) is 7.11 Å². The molecule has 1 aromatic carbocycles. The minimum absolute atomic E-state index is 0.323. The van der Waals surface area contributed by atoms with E-state index in [-0.39, 0.29) is 7.12 Å². The molecule has 1 rings (SSSR count). The molecule has 0 spiro atoms. The van der Waals surface area contributed by atoms with Crippen LogP contribution in [0.3, 0.4) is 0 Å². The number of benzene rings is 1. The number of halogens is 1. The van der Waals surface area contributed by atoms with E-state index in [9.17, 15) is 0 Å². The van der Waals surface area contributed by atoms with Crippen LogP contribution in [-0.4, -0.2) is 14.2 Å². The third-order valence-corrected chi connectivity index (χ3v) is 1.71. The zero-order valence-corrected chi connectivity index (χ0v) is 7.74. The Bertz CT molecular complexity index is 201. The third kappa shape index (κ3) is 2.32. The average molecular weight is 215 g/mol. The van der Waals surface area contributed by atoms with Gasteiger partial charge in [0, 0.05) is 7.11 Å². The first-order chi connectivity index (χ1) is 5.38. The summed E-state index contributed by atoms with van der Waals surface area (Å²) < 4.78 is 9.89. The van der Waals surface area contributed by atoms with Crippen molar-refractivity contribution >= 4 is 28.8 Å². The van der Waals surface area contributed by atoms with Gasteiger partial charge in [-0.25, -0.2) is 0 Å². The molecular formula is C7H8BBrO2. The highest BCUT2D eigenvalue weighted by molar-refractivity contribution is 9.06. The summed E-state index contributed by atoms with van der Waals surface area (Å²) in [5.74, 6) is 0. The Hall–Kier alpha value is -0.315. The van der Waals surface area contributed by atoms with E-state index in [4.69, 9.17) is 8.40 Å². The summed E-state index contributed by atoms with van der Waals surface area (Å²) in [6.45, 7) is 0. The fourth-order valence-corrected chi connectivity index (χ4v) is 1.20. The van der Waals surface area contributed by atoms with E-state index in [1.807, 2.05) is 30.3 Å². The van der Waals surface area contributed by atoms with Gasteiger partial charge in [-0.05, 0) is 5.46 Å². The molecular weight excluding hydrogens is 207 g/mol. The molecule has 0 fully saturated rings. The summed E-state index contributed by atoms with van der Waals surface area (Å²) in [6.07, 6.45) is 0. The maximum atomic E-state index is 5.02. The zero-order chi connectivity index (χ0) is 8.10. The summed E-state index contributed by atoms with van der Waals surface area (Å²) in [5.41, 5.74) is 0.992. The minimum Gasteiger partial charge on any atom is -0.410 e. The Morgan fingerprint density at radius 1 is 1.27 bits per heavy atom. The topological polar surface area (TPSA) is 18.5 Å². The molecule has 0 radical (unpaired) electrons. The molecule has 0 bridgehead atoms. The van der Waals surface area contributed by atoms with Crippen LogP contribution in [0.1, 0.15) is 0 Å². The van der Waals surface area contributed by atoms with E-state index in [0.717, 1.165) is 5.46 Å². The molecule has 0 amide bonds. The van der Waals surface area contributed by atoms with Crippen molar-refractivity contribution in [2.24, 2.45) is 0 Å². The largest absolute Gasteiger partial charge is 0.504 e. The van der Waals surface area contributed by atoms with Gasteiger partial charge in [-0.1, -0.05) is 30.3 Å². The van der Waals surface area contributed by atoms with E-state index in [0.29, 0.717) is 0 Å². The van der Waals surface area contributed by atoms with E-state index < -0.39 is 0 Å².